The zero-order valence-electron chi connectivity index (χ0n) is 12.8. The first kappa shape index (κ1) is 15.5. The summed E-state index contributed by atoms with van der Waals surface area (Å²) in [6.07, 6.45) is 3.31. The summed E-state index contributed by atoms with van der Waals surface area (Å²) >= 11 is 0. The summed E-state index contributed by atoms with van der Waals surface area (Å²) in [6.45, 7) is 6.01. The fraction of sp³-hybridized carbons (Fsp3) is 0.529. The number of carboxylic acid groups (broad SMARTS) is 1. The second kappa shape index (κ2) is 6.29. The molecule has 1 aromatic carbocycles. The van der Waals surface area contributed by atoms with Crippen molar-refractivity contribution in [2.75, 3.05) is 13.1 Å². The van der Waals surface area contributed by atoms with Gasteiger partial charge in [0.05, 0.1) is 12.0 Å². The van der Waals surface area contributed by atoms with Crippen LogP contribution in [0.5, 0.6) is 0 Å². The van der Waals surface area contributed by atoms with Gasteiger partial charge in [-0.25, -0.2) is 4.79 Å². The van der Waals surface area contributed by atoms with Crippen molar-refractivity contribution in [3.8, 4) is 0 Å². The summed E-state index contributed by atoms with van der Waals surface area (Å²) in [5.74, 6) is -0.947. The smallest absolute Gasteiger partial charge is 0.335 e. The Morgan fingerprint density at radius 3 is 2.62 bits per heavy atom. The molecular formula is C17H23NO3. The number of benzene rings is 1. The molecule has 4 nitrogen and oxygen atoms in total. The van der Waals surface area contributed by atoms with Gasteiger partial charge in [-0.1, -0.05) is 32.0 Å². The van der Waals surface area contributed by atoms with E-state index in [1.54, 1.807) is 24.3 Å². The number of hydrogen-bond donors (Lipinski definition) is 1. The molecule has 0 aromatic heterocycles. The molecular weight excluding hydrogens is 266 g/mol. The van der Waals surface area contributed by atoms with Crippen molar-refractivity contribution in [3.05, 3.63) is 35.4 Å². The predicted molar refractivity (Wildman–Crippen MR) is 81.3 cm³/mol. The van der Waals surface area contributed by atoms with Gasteiger partial charge in [-0.2, -0.15) is 0 Å². The number of rotatable bonds is 3. The van der Waals surface area contributed by atoms with Crippen molar-refractivity contribution in [1.82, 2.24) is 4.90 Å². The second-order valence-corrected chi connectivity index (χ2v) is 6.54. The highest BCUT2D eigenvalue weighted by molar-refractivity contribution is 5.91. The fourth-order valence-electron chi connectivity index (χ4n) is 2.83. The molecule has 1 fully saturated rings. The molecule has 1 N–H and O–H groups in total. The van der Waals surface area contributed by atoms with Crippen molar-refractivity contribution < 1.29 is 14.7 Å². The third-order valence-corrected chi connectivity index (χ3v) is 4.28. The van der Waals surface area contributed by atoms with Crippen LogP contribution in [-0.2, 0) is 11.2 Å². The van der Waals surface area contributed by atoms with E-state index in [1.165, 1.54) is 0 Å². The minimum atomic E-state index is -0.976. The van der Waals surface area contributed by atoms with Crippen LogP contribution < -0.4 is 0 Å². The van der Waals surface area contributed by atoms with Crippen LogP contribution in [0.15, 0.2) is 24.3 Å². The van der Waals surface area contributed by atoms with E-state index in [2.05, 4.69) is 13.8 Å². The Bertz CT molecular complexity index is 537. The third kappa shape index (κ3) is 4.06. The highest BCUT2D eigenvalue weighted by Crippen LogP contribution is 2.30. The van der Waals surface area contributed by atoms with E-state index in [0.717, 1.165) is 32.4 Å². The van der Waals surface area contributed by atoms with Gasteiger partial charge >= 0.3 is 5.97 Å². The van der Waals surface area contributed by atoms with Gasteiger partial charge in [-0.15, -0.1) is 0 Å². The zero-order valence-corrected chi connectivity index (χ0v) is 12.8. The normalized spacial score (nSPS) is 18.1. The van der Waals surface area contributed by atoms with Crippen LogP contribution in [0.3, 0.4) is 0 Å². The molecule has 1 heterocycles. The van der Waals surface area contributed by atoms with Gasteiger partial charge < -0.3 is 10.0 Å². The number of nitrogens with zero attached hydrogens (tertiary/aromatic N) is 1. The molecule has 2 rings (SSSR count). The van der Waals surface area contributed by atoms with Gasteiger partial charge in [0.25, 0.3) is 0 Å². The standard InChI is InChI=1S/C17H23NO3/c1-17(2)8-5-10-18(11-9-17)15(19)12-13-6-3-4-7-14(13)16(20)21/h3-4,6-7H,5,8-12H2,1-2H3,(H,20,21). The molecule has 0 atom stereocenters. The molecule has 1 aliphatic heterocycles. The van der Waals surface area contributed by atoms with Gasteiger partial charge in [-0.05, 0) is 36.3 Å². The van der Waals surface area contributed by atoms with Crippen molar-refractivity contribution in [3.63, 3.8) is 0 Å². The SMILES string of the molecule is CC1(C)CCCN(C(=O)Cc2ccccc2C(=O)O)CC1. The number of aromatic carboxylic acids is 1. The Kier molecular flexibility index (Phi) is 4.66. The topological polar surface area (TPSA) is 57.6 Å². The largest absolute Gasteiger partial charge is 0.478 e. The van der Waals surface area contributed by atoms with Gasteiger partial charge in [0, 0.05) is 13.1 Å². The summed E-state index contributed by atoms with van der Waals surface area (Å²) in [7, 11) is 0. The van der Waals surface area contributed by atoms with Gasteiger partial charge in [0.2, 0.25) is 5.91 Å². The lowest BCUT2D eigenvalue weighted by molar-refractivity contribution is -0.130. The van der Waals surface area contributed by atoms with E-state index in [4.69, 9.17) is 0 Å². The van der Waals surface area contributed by atoms with E-state index in [0.29, 0.717) is 5.56 Å². The minimum absolute atomic E-state index is 0.0291. The molecule has 0 aliphatic carbocycles. The minimum Gasteiger partial charge on any atom is -0.478 e. The van der Waals surface area contributed by atoms with E-state index in [9.17, 15) is 14.7 Å². The van der Waals surface area contributed by atoms with Gasteiger partial charge in [-0.3, -0.25) is 4.79 Å². The van der Waals surface area contributed by atoms with Crippen LogP contribution in [0.2, 0.25) is 0 Å². The lowest BCUT2D eigenvalue weighted by Crippen LogP contribution is -2.33. The summed E-state index contributed by atoms with van der Waals surface area (Å²) in [5.41, 5.74) is 1.10. The first-order valence-electron chi connectivity index (χ1n) is 7.48. The maximum absolute atomic E-state index is 12.4. The molecule has 0 saturated carbocycles. The number of likely N-dealkylation sites (tertiary alicyclic amines) is 1. The summed E-state index contributed by atoms with van der Waals surface area (Å²) < 4.78 is 0. The molecule has 21 heavy (non-hydrogen) atoms. The van der Waals surface area contributed by atoms with Gasteiger partial charge in [0.1, 0.15) is 0 Å². The lowest BCUT2D eigenvalue weighted by atomic mass is 9.85. The highest BCUT2D eigenvalue weighted by atomic mass is 16.4. The number of carbonyl (C=O) groups is 2. The zero-order chi connectivity index (χ0) is 15.5. The van der Waals surface area contributed by atoms with Crippen LogP contribution in [0.1, 0.15) is 49.0 Å². The second-order valence-electron chi connectivity index (χ2n) is 6.54. The molecule has 114 valence electrons. The first-order chi connectivity index (χ1) is 9.89. The summed E-state index contributed by atoms with van der Waals surface area (Å²) in [6, 6.07) is 6.74. The van der Waals surface area contributed by atoms with Gasteiger partial charge in [0.15, 0.2) is 0 Å². The van der Waals surface area contributed by atoms with Crippen molar-refractivity contribution in [1.29, 1.82) is 0 Å². The summed E-state index contributed by atoms with van der Waals surface area (Å²) in [4.78, 5) is 25.5. The van der Waals surface area contributed by atoms with Crippen LogP contribution >= 0.6 is 0 Å². The monoisotopic (exact) mass is 289 g/mol. The van der Waals surface area contributed by atoms with E-state index < -0.39 is 5.97 Å². The van der Waals surface area contributed by atoms with Crippen LogP contribution in [-0.4, -0.2) is 35.0 Å². The van der Waals surface area contributed by atoms with Crippen molar-refractivity contribution in [2.45, 2.75) is 39.5 Å². The molecule has 0 bridgehead atoms. The Hall–Kier alpha value is -1.84. The molecule has 0 spiro atoms. The molecule has 1 saturated heterocycles. The Labute approximate surface area is 125 Å². The van der Waals surface area contributed by atoms with E-state index in [-0.39, 0.29) is 23.3 Å². The maximum Gasteiger partial charge on any atom is 0.335 e. The van der Waals surface area contributed by atoms with Crippen LogP contribution in [0.25, 0.3) is 0 Å². The van der Waals surface area contributed by atoms with E-state index >= 15 is 0 Å². The molecule has 1 aliphatic rings. The molecule has 1 aromatic rings. The molecule has 0 radical (unpaired) electrons. The molecule has 1 amide bonds. The van der Waals surface area contributed by atoms with Crippen molar-refractivity contribution in [2.24, 2.45) is 5.41 Å². The van der Waals surface area contributed by atoms with Crippen molar-refractivity contribution >= 4 is 11.9 Å². The Balaban J connectivity index is 2.06. The Morgan fingerprint density at radius 1 is 1.19 bits per heavy atom. The summed E-state index contributed by atoms with van der Waals surface area (Å²) in [5, 5.41) is 9.18. The number of amides is 1. The number of hydrogen-bond acceptors (Lipinski definition) is 2. The molecule has 4 heteroatoms. The van der Waals surface area contributed by atoms with E-state index in [1.807, 2.05) is 4.90 Å². The average molecular weight is 289 g/mol. The number of carboxylic acids is 1. The maximum atomic E-state index is 12.4. The lowest BCUT2D eigenvalue weighted by Gasteiger charge is -2.23. The number of carbonyl (C=O) groups excluding carboxylic acids is 1. The first-order valence-corrected chi connectivity index (χ1v) is 7.48. The predicted octanol–water partition coefficient (Wildman–Crippen LogP) is 2.97. The van der Waals surface area contributed by atoms with Crippen LogP contribution in [0, 0.1) is 5.41 Å². The fourth-order valence-corrected chi connectivity index (χ4v) is 2.83. The highest BCUT2D eigenvalue weighted by Gasteiger charge is 2.25. The molecule has 0 unspecified atom stereocenters. The average Bonchev–Trinajstić information content (AvgIpc) is 2.60. The quantitative estimate of drug-likeness (QED) is 0.930. The van der Waals surface area contributed by atoms with Crippen LogP contribution in [0.4, 0.5) is 0 Å². The third-order valence-electron chi connectivity index (χ3n) is 4.28. The Morgan fingerprint density at radius 2 is 1.90 bits per heavy atom.